The van der Waals surface area contributed by atoms with E-state index in [1.807, 2.05) is 55.7 Å². The maximum Gasteiger partial charge on any atom is 1.00 e. The number of anilines is 4. The predicted octanol–water partition coefficient (Wildman–Crippen LogP) is -0.404. The number of aryl methyl sites for hydroxylation is 2. The fourth-order valence-electron chi connectivity index (χ4n) is 7.17. The smallest absolute Gasteiger partial charge is 1.00 e. The van der Waals surface area contributed by atoms with Crippen LogP contribution in [0.2, 0.25) is 10.0 Å². The van der Waals surface area contributed by atoms with Crippen LogP contribution in [0, 0.1) is 25.5 Å². The van der Waals surface area contributed by atoms with Crippen LogP contribution in [0.3, 0.4) is 0 Å². The van der Waals surface area contributed by atoms with Gasteiger partial charge in [-0.25, -0.2) is 23.4 Å². The number of rotatable bonds is 6. The van der Waals surface area contributed by atoms with E-state index in [4.69, 9.17) is 57.7 Å². The zero-order valence-electron chi connectivity index (χ0n) is 39.9. The minimum atomic E-state index is -1.00. The molecule has 2 atom stereocenters. The monoisotopic (exact) mass is 1040 g/mol. The third-order valence-electron chi connectivity index (χ3n) is 10.4. The molecule has 2 fully saturated rings. The molecule has 17 nitrogen and oxygen atoms in total. The first-order chi connectivity index (χ1) is 31.5. The van der Waals surface area contributed by atoms with Gasteiger partial charge in [0.1, 0.15) is 29.9 Å². The Hall–Kier alpha value is -2.82. The van der Waals surface area contributed by atoms with Gasteiger partial charge in [-0.15, -0.1) is 11.6 Å². The summed E-state index contributed by atoms with van der Waals surface area (Å²) in [7, 11) is -1.00. The zero-order chi connectivity index (χ0) is 48.7. The van der Waals surface area contributed by atoms with Gasteiger partial charge in [0.05, 0.1) is 30.7 Å². The molecule has 25 heteroatoms. The summed E-state index contributed by atoms with van der Waals surface area (Å²) >= 11 is 17.5. The van der Waals surface area contributed by atoms with Gasteiger partial charge < -0.3 is 42.6 Å². The summed E-state index contributed by atoms with van der Waals surface area (Å²) in [6.07, 6.45) is 3.33. The van der Waals surface area contributed by atoms with Crippen molar-refractivity contribution in [2.24, 2.45) is 0 Å². The zero-order valence-corrected chi connectivity index (χ0v) is 46.4. The Balaban J connectivity index is 0.000000515. The number of aromatic amines is 1. The summed E-state index contributed by atoms with van der Waals surface area (Å²) in [6, 6.07) is 13.4. The van der Waals surface area contributed by atoms with Gasteiger partial charge >= 0.3 is 103 Å². The standard InChI is InChI=1S/C20H22ClFN6O.C14H17Cl2FN2O.C6H6N4.CH3F.CH2O3.2K.H/c1-12-8-17(16(22)9-15(12)21)26-6-7-27(13(2)10-26)18(29)11-28-20-14(19(23)25-28)4-3-5-24-20;1-9-5-13(12(17)6-11(9)16)18-3-4-19(10(2)8-18)14(20)7-15;7-5-4-2-1-3-8-6(4)10-9-5;1-2;2-1-4-3;;;/h3-5,8-9,13H,6-7,10-11H2,1-2H3,(H2,23,25);5-6,10H,3-4,7-8H2,1-2H3;1-3H,(H3,7,8,9,10);1H3;1,3H;;;/q;;;;;2*+1;-1/p-1/t13-;10-;;;;;;/m00....../s1/i;;;1D;;;;. The largest absolute Gasteiger partial charge is 1.00 e. The number of nitrogens with one attached hydrogen (secondary N) is 1. The van der Waals surface area contributed by atoms with Gasteiger partial charge in [0.2, 0.25) is 11.8 Å². The molecule has 2 aliphatic rings. The molecule has 5 N–H and O–H groups in total. The molecule has 0 aliphatic carbocycles. The molecule has 8 rings (SSSR count). The van der Waals surface area contributed by atoms with Crippen LogP contribution in [0.25, 0.3) is 22.1 Å². The average molecular weight is 1050 g/mol. The number of amides is 2. The van der Waals surface area contributed by atoms with E-state index in [2.05, 4.69) is 30.2 Å². The first-order valence-corrected chi connectivity index (χ1v) is 21.0. The molecule has 0 unspecified atom stereocenters. The number of halogens is 6. The van der Waals surface area contributed by atoms with Crippen LogP contribution in [0.4, 0.5) is 36.2 Å². The number of carbonyl (C=O) groups is 3. The minimum Gasteiger partial charge on any atom is -1.00 e. The number of nitrogens with two attached hydrogens (primary N) is 2. The molecule has 2 saturated heterocycles. The SMILES string of the molecule is Cc1cc(N2CCN(C(=O)CCl)[C@@H](C)C2)c(F)cc1Cl.Cc1cc(N2CCN(C(=O)Cn3nc(N)c4cccnc43)[C@@H](C)C2)c(F)cc1Cl.Nc1[nH]nc2ncccc12.O=CO[O-].[2H]CF.[H-].[K+].[K+]. The molecule has 0 radical (unpaired) electrons. The second kappa shape index (κ2) is 29.4. The van der Waals surface area contributed by atoms with Crippen LogP contribution < -0.4 is 129 Å². The molecule has 6 aromatic rings. The van der Waals surface area contributed by atoms with Gasteiger partial charge in [-0.1, -0.05) is 23.2 Å². The number of hydrogen-bond donors (Lipinski definition) is 3. The fraction of sp³-hybridized carbons (Fsp3) is 0.357. The van der Waals surface area contributed by atoms with Crippen LogP contribution in [-0.4, -0.2) is 122 Å². The molecule has 352 valence electrons. The maximum atomic E-state index is 14.4. The molecular weight excluding hydrogens is 994 g/mol. The van der Waals surface area contributed by atoms with Crippen LogP contribution >= 0.6 is 34.8 Å². The number of benzene rings is 2. The predicted molar refractivity (Wildman–Crippen MR) is 245 cm³/mol. The van der Waals surface area contributed by atoms with Crippen molar-refractivity contribution in [2.45, 2.75) is 46.3 Å². The first kappa shape index (κ1) is 58.5. The quantitative estimate of drug-likeness (QED) is 0.0637. The van der Waals surface area contributed by atoms with Crippen LogP contribution in [0.15, 0.2) is 60.9 Å². The fourth-order valence-corrected chi connectivity index (χ4v) is 7.63. The number of H-pyrrole nitrogens is 1. The number of pyridine rings is 2. The molecule has 0 saturated carbocycles. The van der Waals surface area contributed by atoms with Gasteiger partial charge in [0.15, 0.2) is 17.1 Å². The van der Waals surface area contributed by atoms with E-state index >= 15 is 0 Å². The van der Waals surface area contributed by atoms with Gasteiger partial charge in [-0.05, 0) is 87.4 Å². The molecule has 2 aromatic carbocycles. The van der Waals surface area contributed by atoms with Crippen molar-refractivity contribution in [3.8, 4) is 0 Å². The maximum absolute atomic E-state index is 14.4. The van der Waals surface area contributed by atoms with Gasteiger partial charge in [-0.3, -0.25) is 23.9 Å². The van der Waals surface area contributed by atoms with E-state index in [0.29, 0.717) is 83.6 Å². The molecule has 4 aromatic heterocycles. The van der Waals surface area contributed by atoms with Gasteiger partial charge in [-0.2, -0.15) is 10.2 Å². The Morgan fingerprint density at radius 2 is 1.37 bits per heavy atom. The number of fused-ring (bicyclic) bond motifs is 2. The van der Waals surface area contributed by atoms with E-state index in [1.54, 1.807) is 40.4 Å². The second-order valence-electron chi connectivity index (χ2n) is 14.6. The van der Waals surface area contributed by atoms with E-state index in [-0.39, 0.29) is 159 Å². The first-order valence-electron chi connectivity index (χ1n) is 20.5. The molecule has 67 heavy (non-hydrogen) atoms. The van der Waals surface area contributed by atoms with E-state index in [9.17, 15) is 22.8 Å². The third-order valence-corrected chi connectivity index (χ3v) is 11.4. The summed E-state index contributed by atoms with van der Waals surface area (Å²) in [4.78, 5) is 51.5. The molecular formula is C42H50Cl3F3K2N12O5. The van der Waals surface area contributed by atoms with Crippen molar-refractivity contribution in [1.82, 2.24) is 39.7 Å². The summed E-state index contributed by atoms with van der Waals surface area (Å²) in [5.41, 5.74) is 15.4. The molecule has 0 bridgehead atoms. The van der Waals surface area contributed by atoms with E-state index in [1.165, 1.54) is 16.8 Å². The average Bonchev–Trinajstić information content (AvgIpc) is 3.84. The number of nitrogen functional groups attached to an aromatic ring is 2. The van der Waals surface area contributed by atoms with Crippen LogP contribution in [0.1, 0.15) is 27.8 Å². The Kier molecular flexibility index (Phi) is 25.7. The number of nitrogens with zero attached hydrogens (tertiary/aromatic N) is 9. The normalized spacial score (nSPS) is 15.4. The number of carbonyl (C=O) groups excluding carboxylic acids is 3. The van der Waals surface area contributed by atoms with Crippen molar-refractivity contribution in [2.75, 3.05) is 73.6 Å². The number of hydrogen-bond acceptors (Lipinski definition) is 13. The van der Waals surface area contributed by atoms with E-state index in [0.717, 1.165) is 21.9 Å². The van der Waals surface area contributed by atoms with Crippen molar-refractivity contribution in [3.05, 3.63) is 93.7 Å². The van der Waals surface area contributed by atoms with Crippen molar-refractivity contribution < 1.29 is 143 Å². The summed E-state index contributed by atoms with van der Waals surface area (Å²) in [5, 5.41) is 21.6. The Morgan fingerprint density at radius 1 is 0.896 bits per heavy atom. The Morgan fingerprint density at radius 3 is 1.84 bits per heavy atom. The molecule has 2 aliphatic heterocycles. The summed E-state index contributed by atoms with van der Waals surface area (Å²) in [6.45, 7) is 10.8. The number of piperazine rings is 2. The van der Waals surface area contributed by atoms with Gasteiger partial charge in [0, 0.05) is 73.8 Å². The Labute approximate surface area is 488 Å². The molecule has 2 amide bonds. The van der Waals surface area contributed by atoms with Crippen molar-refractivity contribution >= 4 is 98.2 Å². The second-order valence-corrected chi connectivity index (χ2v) is 15.7. The van der Waals surface area contributed by atoms with Gasteiger partial charge in [0.25, 0.3) is 6.47 Å². The Bertz CT molecular complexity index is 2600. The minimum absolute atomic E-state index is 0. The topological polar surface area (TPSA) is 221 Å². The van der Waals surface area contributed by atoms with Crippen molar-refractivity contribution in [3.63, 3.8) is 0 Å². The number of aromatic nitrogens is 6. The third kappa shape index (κ3) is 16.1. The summed E-state index contributed by atoms with van der Waals surface area (Å²) < 4.78 is 45.5. The molecule has 0 spiro atoms. The number of alkyl halides is 2. The summed E-state index contributed by atoms with van der Waals surface area (Å²) in [5.74, 6) is 0.0858. The van der Waals surface area contributed by atoms with E-state index < -0.39 is 7.15 Å². The van der Waals surface area contributed by atoms with Crippen LogP contribution in [-0.2, 0) is 25.8 Å². The van der Waals surface area contributed by atoms with Crippen molar-refractivity contribution in [1.29, 1.82) is 0 Å². The molecule has 6 heterocycles. The van der Waals surface area contributed by atoms with Crippen LogP contribution in [0.5, 0.6) is 0 Å².